The van der Waals surface area contributed by atoms with Crippen LogP contribution in [-0.2, 0) is 27.5 Å². The molecule has 0 aliphatic carbocycles. The maximum Gasteiger partial charge on any atom is 0.359 e. The Kier molecular flexibility index (Phi) is 7.42. The van der Waals surface area contributed by atoms with Crippen molar-refractivity contribution < 1.29 is 33.6 Å². The number of rotatable bonds is 10. The number of carbonyl (C=O) groups is 2. The third-order valence-corrected chi connectivity index (χ3v) is 5.06. The Balaban J connectivity index is 1.31. The van der Waals surface area contributed by atoms with Gasteiger partial charge in [0.15, 0.2) is 0 Å². The van der Waals surface area contributed by atoms with E-state index in [1.165, 1.54) is 0 Å². The minimum Gasteiger partial charge on any atom is -0.489 e. The van der Waals surface area contributed by atoms with E-state index in [-0.39, 0.29) is 12.4 Å². The molecule has 1 unspecified atom stereocenters. The molecule has 1 heterocycles. The van der Waals surface area contributed by atoms with E-state index in [4.69, 9.17) is 19.3 Å². The molecule has 0 amide bonds. The van der Waals surface area contributed by atoms with Crippen LogP contribution >= 0.6 is 0 Å². The topological polar surface area (TPSA) is 104 Å². The van der Waals surface area contributed by atoms with E-state index in [1.54, 1.807) is 36.4 Å². The van der Waals surface area contributed by atoms with Crippen LogP contribution in [0.15, 0.2) is 84.9 Å². The highest BCUT2D eigenvalue weighted by molar-refractivity contribution is 5.97. The second-order valence-electron chi connectivity index (χ2n) is 7.55. The van der Waals surface area contributed by atoms with Crippen LogP contribution in [0.1, 0.15) is 11.3 Å². The zero-order valence-electron chi connectivity index (χ0n) is 18.9. The molecule has 178 valence electrons. The fraction of sp³-hybridized carbons (Fsp3) is 0.148. The lowest BCUT2D eigenvalue weighted by Gasteiger charge is -2.14. The Morgan fingerprint density at radius 3 is 2.26 bits per heavy atom. The Hall–Kier alpha value is -4.59. The third-order valence-electron chi connectivity index (χ3n) is 5.06. The number of ether oxygens (including phenoxy) is 4. The Labute approximate surface area is 201 Å². The summed E-state index contributed by atoms with van der Waals surface area (Å²) in [5, 5.41) is 10.2. The van der Waals surface area contributed by atoms with Crippen LogP contribution in [0.2, 0.25) is 0 Å². The van der Waals surface area contributed by atoms with E-state index < -0.39 is 18.0 Å². The van der Waals surface area contributed by atoms with Gasteiger partial charge >= 0.3 is 11.9 Å². The van der Waals surface area contributed by atoms with Gasteiger partial charge in [-0.2, -0.15) is 0 Å². The summed E-state index contributed by atoms with van der Waals surface area (Å²) in [5.74, 6) is -0.888. The van der Waals surface area contributed by atoms with Gasteiger partial charge in [-0.15, -0.1) is 0 Å². The van der Waals surface area contributed by atoms with Crippen molar-refractivity contribution in [1.29, 1.82) is 0 Å². The van der Waals surface area contributed by atoms with Crippen molar-refractivity contribution in [2.75, 3.05) is 7.11 Å². The lowest BCUT2D eigenvalue weighted by atomic mass is 10.2. The largest absolute Gasteiger partial charge is 0.489 e. The predicted molar refractivity (Wildman–Crippen MR) is 127 cm³/mol. The summed E-state index contributed by atoms with van der Waals surface area (Å²) in [7, 11) is 1.10. The van der Waals surface area contributed by atoms with Gasteiger partial charge in [0.05, 0.1) is 18.3 Å². The first-order valence-electron chi connectivity index (χ1n) is 10.8. The maximum atomic E-state index is 11.6. The van der Waals surface area contributed by atoms with E-state index in [1.807, 2.05) is 48.5 Å². The molecular formula is C27H23NO7. The summed E-state index contributed by atoms with van der Waals surface area (Å²) in [4.78, 5) is 27.4. The number of carbonyl (C=O) groups excluding carboxylic acids is 1. The molecule has 3 aromatic carbocycles. The minimum absolute atomic E-state index is 0.217. The number of aliphatic carboxylic acids is 1. The molecule has 1 aromatic heterocycles. The molecule has 4 aromatic rings. The number of carboxylic acids is 1. The van der Waals surface area contributed by atoms with Crippen molar-refractivity contribution in [3.63, 3.8) is 0 Å². The van der Waals surface area contributed by atoms with Crippen LogP contribution in [-0.4, -0.2) is 35.2 Å². The summed E-state index contributed by atoms with van der Waals surface area (Å²) in [6, 6.07) is 25.7. The first kappa shape index (κ1) is 23.6. The number of esters is 1. The molecule has 0 spiro atoms. The highest BCUT2D eigenvalue weighted by Crippen LogP contribution is 2.22. The molecule has 8 nitrogen and oxygen atoms in total. The summed E-state index contributed by atoms with van der Waals surface area (Å²) < 4.78 is 21.4. The van der Waals surface area contributed by atoms with Crippen molar-refractivity contribution in [2.45, 2.75) is 19.3 Å². The number of aromatic nitrogens is 1. The average Bonchev–Trinajstić information content (AvgIpc) is 2.89. The fourth-order valence-electron chi connectivity index (χ4n) is 3.30. The van der Waals surface area contributed by atoms with E-state index in [0.717, 1.165) is 29.3 Å². The zero-order valence-corrected chi connectivity index (χ0v) is 18.9. The Morgan fingerprint density at radius 2 is 1.54 bits per heavy atom. The zero-order chi connectivity index (χ0) is 24.6. The van der Waals surface area contributed by atoms with Crippen LogP contribution in [0.25, 0.3) is 10.9 Å². The van der Waals surface area contributed by atoms with Crippen LogP contribution in [0.5, 0.6) is 17.2 Å². The van der Waals surface area contributed by atoms with Gasteiger partial charge < -0.3 is 24.1 Å². The number of para-hydroxylation sites is 1. The molecule has 1 N–H and O–H groups in total. The molecule has 0 aliphatic heterocycles. The Bertz CT molecular complexity index is 1320. The van der Waals surface area contributed by atoms with Gasteiger partial charge in [-0.05, 0) is 54.1 Å². The van der Waals surface area contributed by atoms with Gasteiger partial charge in [-0.3, -0.25) is 0 Å². The monoisotopic (exact) mass is 473 g/mol. The van der Waals surface area contributed by atoms with Crippen molar-refractivity contribution in [3.05, 3.63) is 96.2 Å². The standard InChI is InChI=1S/C27H23NO7/c1-32-27(31)25(26(29)30)35-23-7-4-5-18(15-23)16-33-21-11-13-22(14-12-21)34-17-20-10-9-19-6-2-3-8-24(19)28-20/h2-15,25H,16-17H2,1H3,(H,29,30). The molecule has 0 radical (unpaired) electrons. The summed E-state index contributed by atoms with van der Waals surface area (Å²) in [6.45, 7) is 0.565. The third kappa shape index (κ3) is 6.26. The average molecular weight is 473 g/mol. The first-order valence-corrected chi connectivity index (χ1v) is 10.8. The molecule has 0 bridgehead atoms. The number of fused-ring (bicyclic) bond motifs is 1. The predicted octanol–water partition coefficient (Wildman–Crippen LogP) is 4.40. The van der Waals surface area contributed by atoms with Crippen molar-refractivity contribution in [2.24, 2.45) is 0 Å². The SMILES string of the molecule is COC(=O)C(Oc1cccc(COc2ccc(OCc3ccc4ccccc4n3)cc2)c1)C(=O)O. The molecule has 0 fully saturated rings. The van der Waals surface area contributed by atoms with Gasteiger partial charge in [0.2, 0.25) is 0 Å². The molecule has 0 saturated carbocycles. The van der Waals surface area contributed by atoms with E-state index in [2.05, 4.69) is 9.72 Å². The molecule has 1 atom stereocenters. The van der Waals surface area contributed by atoms with Gasteiger partial charge in [-0.25, -0.2) is 14.6 Å². The van der Waals surface area contributed by atoms with Gasteiger partial charge in [-0.1, -0.05) is 36.4 Å². The highest BCUT2D eigenvalue weighted by atomic mass is 16.6. The number of hydrogen-bond donors (Lipinski definition) is 1. The van der Waals surface area contributed by atoms with Crippen LogP contribution < -0.4 is 14.2 Å². The summed E-state index contributed by atoms with van der Waals surface area (Å²) in [6.07, 6.45) is -1.74. The van der Waals surface area contributed by atoms with Crippen molar-refractivity contribution in [3.8, 4) is 17.2 Å². The molecule has 0 saturated heterocycles. The van der Waals surface area contributed by atoms with Gasteiger partial charge in [0, 0.05) is 5.39 Å². The molecule has 35 heavy (non-hydrogen) atoms. The quantitative estimate of drug-likeness (QED) is 0.267. The maximum absolute atomic E-state index is 11.6. The molecule has 4 rings (SSSR count). The van der Waals surface area contributed by atoms with Crippen molar-refractivity contribution in [1.82, 2.24) is 4.98 Å². The smallest absolute Gasteiger partial charge is 0.359 e. The lowest BCUT2D eigenvalue weighted by Crippen LogP contribution is -2.36. The molecular weight excluding hydrogens is 450 g/mol. The summed E-state index contributed by atoms with van der Waals surface area (Å²) in [5.41, 5.74) is 2.50. The van der Waals surface area contributed by atoms with E-state index in [9.17, 15) is 9.59 Å². The number of carboxylic acid groups (broad SMARTS) is 1. The fourth-order valence-corrected chi connectivity index (χ4v) is 3.30. The van der Waals surface area contributed by atoms with Crippen molar-refractivity contribution >= 4 is 22.8 Å². The summed E-state index contributed by atoms with van der Waals surface area (Å²) >= 11 is 0. The van der Waals surface area contributed by atoms with E-state index >= 15 is 0 Å². The molecule has 8 heteroatoms. The second kappa shape index (κ2) is 11.0. The second-order valence-corrected chi connectivity index (χ2v) is 7.55. The van der Waals surface area contributed by atoms with Crippen LogP contribution in [0.3, 0.4) is 0 Å². The van der Waals surface area contributed by atoms with Crippen LogP contribution in [0, 0.1) is 0 Å². The molecule has 0 aliphatic rings. The Morgan fingerprint density at radius 1 is 0.829 bits per heavy atom. The number of methoxy groups -OCH3 is 1. The normalized spacial score (nSPS) is 11.5. The first-order chi connectivity index (χ1) is 17.0. The van der Waals surface area contributed by atoms with E-state index in [0.29, 0.717) is 18.1 Å². The minimum atomic E-state index is -1.74. The lowest BCUT2D eigenvalue weighted by molar-refractivity contribution is -0.161. The number of nitrogens with zero attached hydrogens (tertiary/aromatic N) is 1. The highest BCUT2D eigenvalue weighted by Gasteiger charge is 2.29. The van der Waals surface area contributed by atoms with Crippen LogP contribution in [0.4, 0.5) is 0 Å². The number of benzene rings is 3. The van der Waals surface area contributed by atoms with Gasteiger partial charge in [0.25, 0.3) is 6.10 Å². The number of pyridine rings is 1. The number of hydrogen-bond acceptors (Lipinski definition) is 7. The van der Waals surface area contributed by atoms with Gasteiger partial charge in [0.1, 0.15) is 30.5 Å².